The van der Waals surface area contributed by atoms with Crippen LogP contribution in [0.5, 0.6) is 5.75 Å². The Labute approximate surface area is 186 Å². The number of carbonyl (C=O) groups excluding carboxylic acids is 1. The van der Waals surface area contributed by atoms with Crippen molar-refractivity contribution < 1.29 is 23.4 Å². The molecule has 1 atom stereocenters. The summed E-state index contributed by atoms with van der Waals surface area (Å²) in [7, 11) is 0. The summed E-state index contributed by atoms with van der Waals surface area (Å²) in [4.78, 5) is 17.5. The van der Waals surface area contributed by atoms with Gasteiger partial charge in [0.25, 0.3) is 5.91 Å². The number of aromatic nitrogens is 2. The second-order valence-corrected chi connectivity index (χ2v) is 7.79. The van der Waals surface area contributed by atoms with Gasteiger partial charge in [-0.05, 0) is 43.5 Å². The van der Waals surface area contributed by atoms with E-state index in [-0.39, 0.29) is 30.7 Å². The van der Waals surface area contributed by atoms with Crippen LogP contribution < -0.4 is 10.1 Å². The highest BCUT2D eigenvalue weighted by atomic mass is 19.1. The van der Waals surface area contributed by atoms with Crippen molar-refractivity contribution in [1.82, 2.24) is 14.7 Å². The number of aryl methyl sites for hydroxylation is 2. The number of hydrogen-bond acceptors (Lipinski definition) is 4. The van der Waals surface area contributed by atoms with Crippen molar-refractivity contribution >= 4 is 11.6 Å². The molecule has 8 heteroatoms. The van der Waals surface area contributed by atoms with Crippen molar-refractivity contribution in [2.24, 2.45) is 0 Å². The molecule has 0 saturated carbocycles. The lowest BCUT2D eigenvalue weighted by atomic mass is 10.1. The Morgan fingerprint density at radius 3 is 2.62 bits per heavy atom. The summed E-state index contributed by atoms with van der Waals surface area (Å²) in [6.07, 6.45) is 5.00. The molecule has 3 aromatic rings. The number of unbranched alkanes of at least 4 members (excludes halogenated alkanes) is 1. The van der Waals surface area contributed by atoms with Gasteiger partial charge in [-0.15, -0.1) is 0 Å². The topological polar surface area (TPSA) is 75.9 Å². The standard InChI is InChI=1S/C24H29F2N3O3/c1-4-6-8-17(13-30)28-24(31)22-15(3)27-23-21(11-16(5-2)12-29(22)23)32-14-18-19(25)9-7-10-20(18)26/h7,9-12,17,30H,4-6,8,13-14H2,1-3H3,(H,28,31)/t17-/m1/s1. The zero-order chi connectivity index (χ0) is 23.3. The Hall–Kier alpha value is -3.00. The molecule has 0 aliphatic rings. The van der Waals surface area contributed by atoms with Gasteiger partial charge in [-0.1, -0.05) is 32.8 Å². The molecular weight excluding hydrogens is 416 g/mol. The number of imidazole rings is 1. The van der Waals surface area contributed by atoms with E-state index in [1.165, 1.54) is 18.2 Å². The zero-order valence-corrected chi connectivity index (χ0v) is 18.6. The molecule has 32 heavy (non-hydrogen) atoms. The van der Waals surface area contributed by atoms with Crippen LogP contribution >= 0.6 is 0 Å². The fraction of sp³-hybridized carbons (Fsp3) is 0.417. The van der Waals surface area contributed by atoms with E-state index in [0.717, 1.165) is 18.4 Å². The number of amides is 1. The van der Waals surface area contributed by atoms with E-state index in [1.54, 1.807) is 23.6 Å². The van der Waals surface area contributed by atoms with Gasteiger partial charge < -0.3 is 15.2 Å². The van der Waals surface area contributed by atoms with E-state index in [0.29, 0.717) is 35.6 Å². The molecule has 0 aliphatic heterocycles. The average Bonchev–Trinajstić information content (AvgIpc) is 3.11. The van der Waals surface area contributed by atoms with Gasteiger partial charge in [0.05, 0.1) is 23.9 Å². The van der Waals surface area contributed by atoms with Crippen molar-refractivity contribution in [3.63, 3.8) is 0 Å². The molecule has 0 bridgehead atoms. The molecule has 0 fully saturated rings. The van der Waals surface area contributed by atoms with Gasteiger partial charge >= 0.3 is 0 Å². The highest BCUT2D eigenvalue weighted by molar-refractivity contribution is 5.95. The van der Waals surface area contributed by atoms with Gasteiger partial charge in [0, 0.05) is 6.20 Å². The van der Waals surface area contributed by atoms with Gasteiger partial charge in [-0.25, -0.2) is 13.8 Å². The Morgan fingerprint density at radius 2 is 2.00 bits per heavy atom. The first-order valence-corrected chi connectivity index (χ1v) is 10.9. The van der Waals surface area contributed by atoms with Crippen molar-refractivity contribution in [3.8, 4) is 5.75 Å². The van der Waals surface area contributed by atoms with Crippen LogP contribution in [-0.2, 0) is 13.0 Å². The summed E-state index contributed by atoms with van der Waals surface area (Å²) in [6.45, 7) is 5.26. The van der Waals surface area contributed by atoms with E-state index in [4.69, 9.17) is 4.74 Å². The number of fused-ring (bicyclic) bond motifs is 1. The molecular formula is C24H29F2N3O3. The summed E-state index contributed by atoms with van der Waals surface area (Å²) in [5.41, 5.74) is 1.92. The number of ether oxygens (including phenoxy) is 1. The second kappa shape index (κ2) is 10.5. The maximum Gasteiger partial charge on any atom is 0.270 e. The van der Waals surface area contributed by atoms with Gasteiger partial charge in [0.1, 0.15) is 23.9 Å². The van der Waals surface area contributed by atoms with E-state index in [2.05, 4.69) is 10.3 Å². The number of benzene rings is 1. The highest BCUT2D eigenvalue weighted by Crippen LogP contribution is 2.26. The smallest absolute Gasteiger partial charge is 0.270 e. The molecule has 0 aliphatic carbocycles. The molecule has 1 amide bonds. The molecule has 0 spiro atoms. The van der Waals surface area contributed by atoms with Gasteiger partial charge in [-0.2, -0.15) is 0 Å². The number of nitrogens with one attached hydrogen (secondary N) is 1. The average molecular weight is 446 g/mol. The zero-order valence-electron chi connectivity index (χ0n) is 18.6. The summed E-state index contributed by atoms with van der Waals surface area (Å²) in [5, 5.41) is 12.5. The van der Waals surface area contributed by atoms with E-state index in [1.807, 2.05) is 13.8 Å². The van der Waals surface area contributed by atoms with Crippen LogP contribution in [-0.4, -0.2) is 33.0 Å². The van der Waals surface area contributed by atoms with Crippen LogP contribution in [0, 0.1) is 18.6 Å². The predicted molar refractivity (Wildman–Crippen MR) is 118 cm³/mol. The van der Waals surface area contributed by atoms with E-state index in [9.17, 15) is 18.7 Å². The third-order valence-electron chi connectivity index (χ3n) is 5.44. The first-order valence-electron chi connectivity index (χ1n) is 10.9. The monoisotopic (exact) mass is 445 g/mol. The fourth-order valence-corrected chi connectivity index (χ4v) is 3.59. The number of nitrogens with zero attached hydrogens (tertiary/aromatic N) is 2. The Balaban J connectivity index is 1.95. The third kappa shape index (κ3) is 5.07. The van der Waals surface area contributed by atoms with Gasteiger partial charge in [-0.3, -0.25) is 9.20 Å². The molecule has 0 saturated heterocycles. The van der Waals surface area contributed by atoms with Crippen LogP contribution in [0.1, 0.15) is 60.4 Å². The number of carbonyl (C=O) groups is 1. The molecule has 0 radical (unpaired) electrons. The molecule has 2 N–H and O–H groups in total. The Kier molecular flexibility index (Phi) is 7.80. The van der Waals surface area contributed by atoms with Gasteiger partial charge in [0.15, 0.2) is 11.4 Å². The molecule has 172 valence electrons. The molecule has 0 unspecified atom stereocenters. The maximum atomic E-state index is 14.0. The molecule has 1 aromatic carbocycles. The number of hydrogen-bond donors (Lipinski definition) is 2. The van der Waals surface area contributed by atoms with Crippen LogP contribution in [0.2, 0.25) is 0 Å². The minimum absolute atomic E-state index is 0.149. The number of aliphatic hydroxyl groups excluding tert-OH is 1. The van der Waals surface area contributed by atoms with Crippen molar-refractivity contribution in [1.29, 1.82) is 0 Å². The van der Waals surface area contributed by atoms with E-state index < -0.39 is 11.6 Å². The fourth-order valence-electron chi connectivity index (χ4n) is 3.59. The van der Waals surface area contributed by atoms with Crippen LogP contribution in [0.4, 0.5) is 8.78 Å². The van der Waals surface area contributed by atoms with Crippen LogP contribution in [0.25, 0.3) is 5.65 Å². The van der Waals surface area contributed by atoms with Gasteiger partial charge in [0.2, 0.25) is 0 Å². The summed E-state index contributed by atoms with van der Waals surface area (Å²) >= 11 is 0. The number of aliphatic hydroxyl groups is 1. The minimum Gasteiger partial charge on any atom is -0.485 e. The predicted octanol–water partition coefficient (Wildman–Crippen LogP) is 4.34. The normalized spacial score (nSPS) is 12.2. The summed E-state index contributed by atoms with van der Waals surface area (Å²) < 4.78 is 35.5. The molecule has 2 heterocycles. The lowest BCUT2D eigenvalue weighted by Crippen LogP contribution is -2.38. The van der Waals surface area contributed by atoms with E-state index >= 15 is 0 Å². The Morgan fingerprint density at radius 1 is 1.28 bits per heavy atom. The summed E-state index contributed by atoms with van der Waals surface area (Å²) in [6, 6.07) is 5.07. The van der Waals surface area contributed by atoms with Crippen LogP contribution in [0.3, 0.4) is 0 Å². The molecule has 6 nitrogen and oxygen atoms in total. The number of rotatable bonds is 10. The lowest BCUT2D eigenvalue weighted by Gasteiger charge is -2.16. The summed E-state index contributed by atoms with van der Waals surface area (Å²) in [5.74, 6) is -1.38. The number of halogens is 2. The first kappa shape index (κ1) is 23.7. The quantitative estimate of drug-likeness (QED) is 0.487. The van der Waals surface area contributed by atoms with Crippen molar-refractivity contribution in [2.75, 3.05) is 6.61 Å². The lowest BCUT2D eigenvalue weighted by molar-refractivity contribution is 0.0905. The molecule has 3 rings (SSSR count). The van der Waals surface area contributed by atoms with Crippen molar-refractivity contribution in [3.05, 3.63) is 64.6 Å². The maximum absolute atomic E-state index is 14.0. The minimum atomic E-state index is -0.686. The number of pyridine rings is 1. The molecule has 2 aromatic heterocycles. The SMILES string of the molecule is CCCC[C@H](CO)NC(=O)c1c(C)nc2c(OCc3c(F)cccc3F)cc(CC)cn12. The largest absolute Gasteiger partial charge is 0.485 e. The second-order valence-electron chi connectivity index (χ2n) is 7.79. The highest BCUT2D eigenvalue weighted by Gasteiger charge is 2.22. The first-order chi connectivity index (χ1) is 15.4. The van der Waals surface area contributed by atoms with Crippen molar-refractivity contribution in [2.45, 2.75) is 59.1 Å². The Bertz CT molecular complexity index is 1080. The van der Waals surface area contributed by atoms with Crippen LogP contribution in [0.15, 0.2) is 30.5 Å². The third-order valence-corrected chi connectivity index (χ3v) is 5.44.